The van der Waals surface area contributed by atoms with Gasteiger partial charge in [0.1, 0.15) is 0 Å². The van der Waals surface area contributed by atoms with E-state index in [2.05, 4.69) is 26.2 Å². The van der Waals surface area contributed by atoms with Gasteiger partial charge in [-0.2, -0.15) is 0 Å². The molecule has 0 aromatic carbocycles. The van der Waals surface area contributed by atoms with Crippen LogP contribution in [0.2, 0.25) is 0 Å². The maximum atomic E-state index is 11.5. The van der Waals surface area contributed by atoms with Crippen LogP contribution in [0.15, 0.2) is 18.3 Å². The van der Waals surface area contributed by atoms with E-state index in [1.165, 1.54) is 0 Å². The molecule has 1 heterocycles. The topological polar surface area (TPSA) is 42.0 Å². The Morgan fingerprint density at radius 3 is 2.86 bits per heavy atom. The number of nitrogens with one attached hydrogen (secondary N) is 1. The Balaban J connectivity index is 2.57. The van der Waals surface area contributed by atoms with E-state index in [0.29, 0.717) is 12.1 Å². The fourth-order valence-electron chi connectivity index (χ4n) is 0.938. The minimum atomic E-state index is -0.0798. The molecule has 1 N–H and O–H groups in total. The standard InChI is InChI=1S/C10H13BrN2O/c1-7(11)5-13-10(14)9-4-3-8(2)12-6-9/h3-4,6-7H,5H2,1-2H3,(H,13,14). The van der Waals surface area contributed by atoms with Crippen LogP contribution in [-0.2, 0) is 0 Å². The smallest absolute Gasteiger partial charge is 0.252 e. The lowest BCUT2D eigenvalue weighted by molar-refractivity contribution is 0.0954. The lowest BCUT2D eigenvalue weighted by Gasteiger charge is -2.06. The maximum Gasteiger partial charge on any atom is 0.252 e. The molecule has 0 bridgehead atoms. The van der Waals surface area contributed by atoms with Gasteiger partial charge in [0.25, 0.3) is 5.91 Å². The van der Waals surface area contributed by atoms with Crippen molar-refractivity contribution >= 4 is 21.8 Å². The Bertz CT molecular complexity index is 308. The molecule has 0 saturated heterocycles. The van der Waals surface area contributed by atoms with Crippen LogP contribution in [0, 0.1) is 6.92 Å². The summed E-state index contributed by atoms with van der Waals surface area (Å²) in [6.07, 6.45) is 1.59. The van der Waals surface area contributed by atoms with Crippen molar-refractivity contribution < 1.29 is 4.79 Å². The molecule has 0 aliphatic heterocycles. The third-order valence-electron chi connectivity index (χ3n) is 1.72. The first-order valence-corrected chi connectivity index (χ1v) is 5.36. The molecule has 14 heavy (non-hydrogen) atoms. The van der Waals surface area contributed by atoms with Gasteiger partial charge in [0.15, 0.2) is 0 Å². The van der Waals surface area contributed by atoms with Gasteiger partial charge < -0.3 is 5.32 Å². The van der Waals surface area contributed by atoms with Gasteiger partial charge in [0, 0.05) is 23.3 Å². The Morgan fingerprint density at radius 1 is 1.64 bits per heavy atom. The number of halogens is 1. The summed E-state index contributed by atoms with van der Waals surface area (Å²) >= 11 is 3.36. The first-order chi connectivity index (χ1) is 6.59. The lowest BCUT2D eigenvalue weighted by atomic mass is 10.2. The average molecular weight is 257 g/mol. The predicted octanol–water partition coefficient (Wildman–Crippen LogP) is 1.90. The van der Waals surface area contributed by atoms with E-state index in [1.54, 1.807) is 12.3 Å². The zero-order chi connectivity index (χ0) is 10.6. The molecule has 0 fully saturated rings. The van der Waals surface area contributed by atoms with Crippen molar-refractivity contribution in [1.82, 2.24) is 10.3 Å². The average Bonchev–Trinajstić information content (AvgIpc) is 2.15. The monoisotopic (exact) mass is 256 g/mol. The van der Waals surface area contributed by atoms with Crippen LogP contribution < -0.4 is 5.32 Å². The third-order valence-corrected chi connectivity index (χ3v) is 2.04. The third kappa shape index (κ3) is 3.46. The van der Waals surface area contributed by atoms with E-state index in [1.807, 2.05) is 19.9 Å². The second-order valence-electron chi connectivity index (χ2n) is 3.18. The molecular formula is C10H13BrN2O. The summed E-state index contributed by atoms with van der Waals surface area (Å²) < 4.78 is 0. The molecule has 0 saturated carbocycles. The maximum absolute atomic E-state index is 11.5. The number of amides is 1. The van der Waals surface area contributed by atoms with Crippen LogP contribution >= 0.6 is 15.9 Å². The van der Waals surface area contributed by atoms with E-state index in [9.17, 15) is 4.79 Å². The summed E-state index contributed by atoms with van der Waals surface area (Å²) in [5, 5.41) is 2.79. The molecule has 1 amide bonds. The number of hydrogen-bond acceptors (Lipinski definition) is 2. The molecule has 1 aromatic heterocycles. The molecule has 0 spiro atoms. The van der Waals surface area contributed by atoms with Gasteiger partial charge in [0.05, 0.1) is 5.56 Å². The number of aryl methyl sites for hydroxylation is 1. The van der Waals surface area contributed by atoms with E-state index in [-0.39, 0.29) is 10.7 Å². The molecule has 76 valence electrons. The van der Waals surface area contributed by atoms with Gasteiger partial charge in [-0.15, -0.1) is 0 Å². The predicted molar refractivity (Wildman–Crippen MR) is 59.7 cm³/mol. The number of pyridine rings is 1. The lowest BCUT2D eigenvalue weighted by Crippen LogP contribution is -2.28. The summed E-state index contributed by atoms with van der Waals surface area (Å²) in [5.41, 5.74) is 1.51. The molecule has 1 aromatic rings. The van der Waals surface area contributed by atoms with Gasteiger partial charge in [-0.3, -0.25) is 9.78 Å². The van der Waals surface area contributed by atoms with Crippen LogP contribution in [0.25, 0.3) is 0 Å². The van der Waals surface area contributed by atoms with Crippen molar-refractivity contribution in [2.75, 3.05) is 6.54 Å². The molecule has 1 atom stereocenters. The van der Waals surface area contributed by atoms with E-state index in [4.69, 9.17) is 0 Å². The Hall–Kier alpha value is -0.900. The van der Waals surface area contributed by atoms with Crippen molar-refractivity contribution in [1.29, 1.82) is 0 Å². The number of rotatable bonds is 3. The molecule has 0 radical (unpaired) electrons. The zero-order valence-corrected chi connectivity index (χ0v) is 9.84. The van der Waals surface area contributed by atoms with Gasteiger partial charge in [-0.25, -0.2) is 0 Å². The number of nitrogens with zero attached hydrogens (tertiary/aromatic N) is 1. The molecule has 0 aliphatic carbocycles. The van der Waals surface area contributed by atoms with Crippen LogP contribution in [0.3, 0.4) is 0 Å². The van der Waals surface area contributed by atoms with Crippen LogP contribution in [0.1, 0.15) is 23.0 Å². The fourth-order valence-corrected chi connectivity index (χ4v) is 1.10. The SMILES string of the molecule is Cc1ccc(C(=O)NCC(C)Br)cn1. The van der Waals surface area contributed by atoms with E-state index >= 15 is 0 Å². The zero-order valence-electron chi connectivity index (χ0n) is 8.25. The summed E-state index contributed by atoms with van der Waals surface area (Å²) in [4.78, 5) is 15.8. The largest absolute Gasteiger partial charge is 0.351 e. The van der Waals surface area contributed by atoms with Crippen molar-refractivity contribution in [3.8, 4) is 0 Å². The molecule has 0 aliphatic rings. The van der Waals surface area contributed by atoms with E-state index in [0.717, 1.165) is 5.69 Å². The normalized spacial score (nSPS) is 12.2. The van der Waals surface area contributed by atoms with E-state index < -0.39 is 0 Å². The fraction of sp³-hybridized carbons (Fsp3) is 0.400. The summed E-state index contributed by atoms with van der Waals surface area (Å²) in [6.45, 7) is 4.49. The Kier molecular flexibility index (Phi) is 4.07. The Labute approximate surface area is 92.1 Å². The number of carbonyl (C=O) groups excluding carboxylic acids is 1. The van der Waals surface area contributed by atoms with Gasteiger partial charge >= 0.3 is 0 Å². The summed E-state index contributed by atoms with van der Waals surface area (Å²) in [5.74, 6) is -0.0798. The quantitative estimate of drug-likeness (QED) is 0.840. The molecular weight excluding hydrogens is 244 g/mol. The molecule has 1 rings (SSSR count). The minimum absolute atomic E-state index is 0.0798. The molecule has 3 nitrogen and oxygen atoms in total. The van der Waals surface area contributed by atoms with Crippen LogP contribution in [-0.4, -0.2) is 22.3 Å². The van der Waals surface area contributed by atoms with Crippen molar-refractivity contribution in [3.05, 3.63) is 29.6 Å². The second kappa shape index (κ2) is 5.10. The Morgan fingerprint density at radius 2 is 2.36 bits per heavy atom. The highest BCUT2D eigenvalue weighted by Gasteiger charge is 2.05. The number of alkyl halides is 1. The minimum Gasteiger partial charge on any atom is -0.351 e. The highest BCUT2D eigenvalue weighted by molar-refractivity contribution is 9.09. The van der Waals surface area contributed by atoms with Crippen molar-refractivity contribution in [2.24, 2.45) is 0 Å². The van der Waals surface area contributed by atoms with Crippen molar-refractivity contribution in [3.63, 3.8) is 0 Å². The highest BCUT2D eigenvalue weighted by Crippen LogP contribution is 2.00. The number of carbonyl (C=O) groups is 1. The van der Waals surface area contributed by atoms with Crippen LogP contribution in [0.5, 0.6) is 0 Å². The van der Waals surface area contributed by atoms with Gasteiger partial charge in [-0.1, -0.05) is 22.9 Å². The van der Waals surface area contributed by atoms with Crippen LogP contribution in [0.4, 0.5) is 0 Å². The summed E-state index contributed by atoms with van der Waals surface area (Å²) in [6, 6.07) is 3.60. The molecule has 4 heteroatoms. The first kappa shape index (κ1) is 11.2. The number of hydrogen-bond donors (Lipinski definition) is 1. The first-order valence-electron chi connectivity index (χ1n) is 4.44. The van der Waals surface area contributed by atoms with Gasteiger partial charge in [0.2, 0.25) is 0 Å². The highest BCUT2D eigenvalue weighted by atomic mass is 79.9. The van der Waals surface area contributed by atoms with Gasteiger partial charge in [-0.05, 0) is 19.1 Å². The summed E-state index contributed by atoms with van der Waals surface area (Å²) in [7, 11) is 0. The van der Waals surface area contributed by atoms with Crippen molar-refractivity contribution in [2.45, 2.75) is 18.7 Å². The number of aromatic nitrogens is 1. The molecule has 1 unspecified atom stereocenters. The second-order valence-corrected chi connectivity index (χ2v) is 4.74.